The number of nitrogens with one attached hydrogen (secondary N) is 1. The zero-order valence-corrected chi connectivity index (χ0v) is 9.28. The Morgan fingerprint density at radius 3 is 3.25 bits per heavy atom. The molecule has 0 unspecified atom stereocenters. The lowest BCUT2D eigenvalue weighted by Crippen LogP contribution is -2.32. The molecule has 0 spiro atoms. The average molecular weight is 223 g/mol. The highest BCUT2D eigenvalue weighted by Gasteiger charge is 2.14. The van der Waals surface area contributed by atoms with Gasteiger partial charge < -0.3 is 14.5 Å². The lowest BCUT2D eigenvalue weighted by atomic mass is 10.0. The Labute approximate surface area is 95.0 Å². The average Bonchev–Trinajstić information content (AvgIpc) is 2.84. The molecule has 1 atom stereocenters. The Bertz CT molecular complexity index is 315. The number of piperidine rings is 1. The van der Waals surface area contributed by atoms with Crippen molar-refractivity contribution < 1.29 is 13.9 Å². The SMILES string of the molecule is O=C(COC[C@@H]1CCCNC1)c1ccco1. The Balaban J connectivity index is 1.66. The fourth-order valence-corrected chi connectivity index (χ4v) is 1.89. The van der Waals surface area contributed by atoms with Crippen LogP contribution in [-0.2, 0) is 4.74 Å². The largest absolute Gasteiger partial charge is 0.461 e. The molecule has 1 aromatic rings. The van der Waals surface area contributed by atoms with Crippen LogP contribution in [0.4, 0.5) is 0 Å². The molecule has 4 nitrogen and oxygen atoms in total. The highest BCUT2D eigenvalue weighted by molar-refractivity contribution is 5.94. The summed E-state index contributed by atoms with van der Waals surface area (Å²) in [5.41, 5.74) is 0. The molecule has 0 amide bonds. The monoisotopic (exact) mass is 223 g/mol. The van der Waals surface area contributed by atoms with Crippen LogP contribution in [0.2, 0.25) is 0 Å². The Kier molecular flexibility index (Phi) is 4.13. The van der Waals surface area contributed by atoms with E-state index in [9.17, 15) is 4.79 Å². The number of hydrogen-bond acceptors (Lipinski definition) is 4. The van der Waals surface area contributed by atoms with Crippen LogP contribution in [0, 0.1) is 5.92 Å². The van der Waals surface area contributed by atoms with Crippen molar-refractivity contribution in [2.24, 2.45) is 5.92 Å². The molecule has 1 N–H and O–H groups in total. The first kappa shape index (κ1) is 11.4. The Hall–Kier alpha value is -1.13. The molecule has 0 radical (unpaired) electrons. The van der Waals surface area contributed by atoms with Crippen molar-refractivity contribution in [1.82, 2.24) is 5.32 Å². The van der Waals surface area contributed by atoms with Gasteiger partial charge in [0.15, 0.2) is 5.76 Å². The minimum atomic E-state index is -0.0891. The van der Waals surface area contributed by atoms with Crippen LogP contribution in [0.25, 0.3) is 0 Å². The number of hydrogen-bond donors (Lipinski definition) is 1. The van der Waals surface area contributed by atoms with Crippen molar-refractivity contribution >= 4 is 5.78 Å². The smallest absolute Gasteiger partial charge is 0.223 e. The first-order chi connectivity index (χ1) is 7.86. The maximum atomic E-state index is 11.5. The lowest BCUT2D eigenvalue weighted by Gasteiger charge is -2.22. The van der Waals surface area contributed by atoms with E-state index in [2.05, 4.69) is 5.32 Å². The van der Waals surface area contributed by atoms with Crippen molar-refractivity contribution in [2.45, 2.75) is 12.8 Å². The van der Waals surface area contributed by atoms with E-state index < -0.39 is 0 Å². The van der Waals surface area contributed by atoms with Crippen molar-refractivity contribution in [3.63, 3.8) is 0 Å². The summed E-state index contributed by atoms with van der Waals surface area (Å²) in [5, 5.41) is 3.32. The van der Waals surface area contributed by atoms with Crippen LogP contribution in [0.1, 0.15) is 23.4 Å². The maximum Gasteiger partial charge on any atom is 0.223 e. The van der Waals surface area contributed by atoms with Gasteiger partial charge in [-0.3, -0.25) is 4.79 Å². The van der Waals surface area contributed by atoms with Gasteiger partial charge in [-0.1, -0.05) is 0 Å². The predicted octanol–water partition coefficient (Wildman–Crippen LogP) is 1.48. The van der Waals surface area contributed by atoms with E-state index in [4.69, 9.17) is 9.15 Å². The minimum Gasteiger partial charge on any atom is -0.461 e. The second kappa shape index (κ2) is 5.82. The second-order valence-corrected chi connectivity index (χ2v) is 4.13. The summed E-state index contributed by atoms with van der Waals surface area (Å²) in [5.74, 6) is 0.827. The molecule has 2 rings (SSSR count). The molecule has 4 heteroatoms. The number of Topliss-reactive ketones (excluding diaryl/α,β-unsaturated/α-hetero) is 1. The number of ketones is 1. The predicted molar refractivity (Wildman–Crippen MR) is 59.5 cm³/mol. The molecule has 88 valence electrons. The molecule has 1 fully saturated rings. The van der Waals surface area contributed by atoms with Crippen LogP contribution in [0.5, 0.6) is 0 Å². The third-order valence-corrected chi connectivity index (χ3v) is 2.78. The van der Waals surface area contributed by atoms with Crippen LogP contribution in [0.15, 0.2) is 22.8 Å². The van der Waals surface area contributed by atoms with E-state index in [0.29, 0.717) is 18.3 Å². The molecule has 16 heavy (non-hydrogen) atoms. The fraction of sp³-hybridized carbons (Fsp3) is 0.583. The van der Waals surface area contributed by atoms with Crippen molar-refractivity contribution in [3.05, 3.63) is 24.2 Å². The number of rotatable bonds is 5. The summed E-state index contributed by atoms with van der Waals surface area (Å²) < 4.78 is 10.4. The summed E-state index contributed by atoms with van der Waals surface area (Å²) in [4.78, 5) is 11.5. The summed E-state index contributed by atoms with van der Waals surface area (Å²) >= 11 is 0. The molecule has 0 saturated carbocycles. The number of carbonyl (C=O) groups is 1. The van der Waals surface area contributed by atoms with Gasteiger partial charge in [-0.25, -0.2) is 0 Å². The van der Waals surface area contributed by atoms with E-state index in [1.807, 2.05) is 0 Å². The van der Waals surface area contributed by atoms with Crippen LogP contribution >= 0.6 is 0 Å². The van der Waals surface area contributed by atoms with Gasteiger partial charge in [0, 0.05) is 6.54 Å². The first-order valence-electron chi connectivity index (χ1n) is 5.71. The normalized spacial score (nSPS) is 20.9. The van der Waals surface area contributed by atoms with Gasteiger partial charge >= 0.3 is 0 Å². The Morgan fingerprint density at radius 2 is 2.56 bits per heavy atom. The molecule has 1 aliphatic heterocycles. The van der Waals surface area contributed by atoms with Gasteiger partial charge in [0.2, 0.25) is 5.78 Å². The quantitative estimate of drug-likeness (QED) is 0.768. The van der Waals surface area contributed by atoms with Gasteiger partial charge in [-0.2, -0.15) is 0 Å². The van der Waals surface area contributed by atoms with Gasteiger partial charge in [0.1, 0.15) is 6.61 Å². The minimum absolute atomic E-state index is 0.0891. The number of furan rings is 1. The van der Waals surface area contributed by atoms with Crippen LogP contribution in [-0.4, -0.2) is 32.1 Å². The standard InChI is InChI=1S/C12H17NO3/c14-11(12-4-2-6-16-12)9-15-8-10-3-1-5-13-7-10/h2,4,6,10,13H,1,3,5,7-9H2/t10-/m1/s1. The van der Waals surface area contributed by atoms with E-state index in [-0.39, 0.29) is 12.4 Å². The highest BCUT2D eigenvalue weighted by atomic mass is 16.5. The zero-order valence-electron chi connectivity index (χ0n) is 9.28. The first-order valence-corrected chi connectivity index (χ1v) is 5.71. The molecule has 0 aromatic carbocycles. The molecular weight excluding hydrogens is 206 g/mol. The third-order valence-electron chi connectivity index (χ3n) is 2.78. The zero-order chi connectivity index (χ0) is 11.2. The maximum absolute atomic E-state index is 11.5. The van der Waals surface area contributed by atoms with Gasteiger partial charge in [0.25, 0.3) is 0 Å². The molecule has 1 aromatic heterocycles. The van der Waals surface area contributed by atoms with E-state index >= 15 is 0 Å². The van der Waals surface area contributed by atoms with Gasteiger partial charge in [-0.15, -0.1) is 0 Å². The van der Waals surface area contributed by atoms with E-state index in [1.165, 1.54) is 19.1 Å². The van der Waals surface area contributed by atoms with Gasteiger partial charge in [-0.05, 0) is 37.4 Å². The second-order valence-electron chi connectivity index (χ2n) is 4.13. The summed E-state index contributed by atoms with van der Waals surface area (Å²) in [7, 11) is 0. The molecular formula is C12H17NO3. The molecule has 2 heterocycles. The Morgan fingerprint density at radius 1 is 1.62 bits per heavy atom. The van der Waals surface area contributed by atoms with Crippen LogP contribution < -0.4 is 5.32 Å². The van der Waals surface area contributed by atoms with E-state index in [1.54, 1.807) is 12.1 Å². The van der Waals surface area contributed by atoms with Crippen molar-refractivity contribution in [1.29, 1.82) is 0 Å². The number of ether oxygens (including phenoxy) is 1. The fourth-order valence-electron chi connectivity index (χ4n) is 1.89. The topological polar surface area (TPSA) is 51.5 Å². The number of carbonyl (C=O) groups excluding carboxylic acids is 1. The van der Waals surface area contributed by atoms with Gasteiger partial charge in [0.05, 0.1) is 12.9 Å². The summed E-state index contributed by atoms with van der Waals surface area (Å²) in [6.07, 6.45) is 3.88. The molecule has 1 aliphatic rings. The molecule has 1 saturated heterocycles. The molecule has 0 aliphatic carbocycles. The van der Waals surface area contributed by atoms with Crippen LogP contribution in [0.3, 0.4) is 0 Å². The van der Waals surface area contributed by atoms with Crippen molar-refractivity contribution in [3.8, 4) is 0 Å². The lowest BCUT2D eigenvalue weighted by molar-refractivity contribution is 0.0623. The molecule has 0 bridgehead atoms. The third kappa shape index (κ3) is 3.18. The highest BCUT2D eigenvalue weighted by Crippen LogP contribution is 2.10. The summed E-state index contributed by atoms with van der Waals surface area (Å²) in [6.45, 7) is 2.86. The summed E-state index contributed by atoms with van der Waals surface area (Å²) in [6, 6.07) is 3.37. The van der Waals surface area contributed by atoms with E-state index in [0.717, 1.165) is 13.1 Å². The van der Waals surface area contributed by atoms with Crippen molar-refractivity contribution in [2.75, 3.05) is 26.3 Å².